The predicted octanol–water partition coefficient (Wildman–Crippen LogP) is 3.57. The lowest BCUT2D eigenvalue weighted by molar-refractivity contribution is -0.105. The Morgan fingerprint density at radius 1 is 1.14 bits per heavy atom. The van der Waals surface area contributed by atoms with Crippen LogP contribution >= 0.6 is 0 Å². The summed E-state index contributed by atoms with van der Waals surface area (Å²) in [5.74, 6) is 0.500. The van der Waals surface area contributed by atoms with Gasteiger partial charge in [-0.2, -0.15) is 0 Å². The molecular formula is C16H12N4O2. The van der Waals surface area contributed by atoms with Crippen LogP contribution < -0.4 is 5.32 Å². The third-order valence-corrected chi connectivity index (χ3v) is 3.53. The minimum atomic E-state index is 0.334. The van der Waals surface area contributed by atoms with Crippen LogP contribution in [-0.4, -0.2) is 16.4 Å². The van der Waals surface area contributed by atoms with Gasteiger partial charge < -0.3 is 5.32 Å². The van der Waals surface area contributed by atoms with E-state index in [1.54, 1.807) is 18.5 Å². The molecule has 0 atom stereocenters. The highest BCUT2D eigenvalue weighted by Gasteiger charge is 2.08. The Bertz CT molecular complexity index is 877. The summed E-state index contributed by atoms with van der Waals surface area (Å²) in [5.41, 5.74) is 2.91. The first-order valence-electron chi connectivity index (χ1n) is 6.61. The maximum absolute atomic E-state index is 10.8. The molecule has 0 unspecified atom stereocenters. The Balaban J connectivity index is 2.11. The smallest absolute Gasteiger partial charge is 0.212 e. The summed E-state index contributed by atoms with van der Waals surface area (Å²) in [4.78, 5) is 29.5. The largest absolute Gasteiger partial charge is 0.313 e. The fourth-order valence-corrected chi connectivity index (χ4v) is 2.35. The maximum Gasteiger partial charge on any atom is 0.212 e. The number of carbonyl (C=O) groups is 1. The van der Waals surface area contributed by atoms with Gasteiger partial charge in [0.05, 0.1) is 6.20 Å². The highest BCUT2D eigenvalue weighted by atomic mass is 16.3. The van der Waals surface area contributed by atoms with E-state index in [2.05, 4.69) is 20.5 Å². The Morgan fingerprint density at radius 2 is 2.00 bits per heavy atom. The first-order chi connectivity index (χ1) is 10.7. The molecule has 2 aromatic heterocycles. The molecule has 0 aliphatic rings. The second kappa shape index (κ2) is 5.69. The molecule has 6 nitrogen and oxygen atoms in total. The van der Waals surface area contributed by atoms with Crippen molar-refractivity contribution < 1.29 is 4.79 Å². The van der Waals surface area contributed by atoms with E-state index < -0.39 is 0 Å². The van der Waals surface area contributed by atoms with E-state index in [9.17, 15) is 9.70 Å². The lowest BCUT2D eigenvalue weighted by Crippen LogP contribution is -1.96. The van der Waals surface area contributed by atoms with E-state index in [0.29, 0.717) is 17.9 Å². The third-order valence-electron chi connectivity index (χ3n) is 3.53. The second-order valence-corrected chi connectivity index (χ2v) is 4.82. The quantitative estimate of drug-likeness (QED) is 0.588. The zero-order valence-electron chi connectivity index (χ0n) is 11.8. The molecule has 0 saturated carbocycles. The average Bonchev–Trinajstić information content (AvgIpc) is 2.55. The molecule has 0 fully saturated rings. The Kier molecular flexibility index (Phi) is 3.57. The van der Waals surface area contributed by atoms with Gasteiger partial charge in [-0.1, -0.05) is 12.1 Å². The van der Waals surface area contributed by atoms with Crippen molar-refractivity contribution >= 4 is 28.7 Å². The minimum absolute atomic E-state index is 0.334. The van der Waals surface area contributed by atoms with E-state index >= 15 is 0 Å². The summed E-state index contributed by atoms with van der Waals surface area (Å²) in [6.07, 6.45) is 5.44. The number of nitrogens with zero attached hydrogens (tertiary/aromatic N) is 3. The summed E-state index contributed by atoms with van der Waals surface area (Å²) in [6.45, 7) is 1.84. The van der Waals surface area contributed by atoms with Crippen molar-refractivity contribution in [2.75, 3.05) is 5.32 Å². The number of hydrogen-bond acceptors (Lipinski definition) is 5. The molecule has 108 valence electrons. The first-order valence-corrected chi connectivity index (χ1v) is 6.61. The van der Waals surface area contributed by atoms with Crippen molar-refractivity contribution in [1.82, 2.24) is 9.97 Å². The van der Waals surface area contributed by atoms with Crippen LogP contribution in [0.25, 0.3) is 21.9 Å². The number of pyridine rings is 2. The Labute approximate surface area is 126 Å². The molecule has 1 aromatic carbocycles. The minimum Gasteiger partial charge on any atom is -0.313 e. The number of rotatable bonds is 4. The van der Waals surface area contributed by atoms with E-state index in [1.165, 1.54) is 6.20 Å². The van der Waals surface area contributed by atoms with Crippen LogP contribution in [-0.2, 0) is 4.79 Å². The fraction of sp³-hybridized carbons (Fsp3) is 0.0625. The van der Waals surface area contributed by atoms with Crippen molar-refractivity contribution in [2.45, 2.75) is 6.92 Å². The first kappa shape index (κ1) is 13.8. The number of amides is 1. The standard InChI is InChI=1S/C16H12N4O2/c1-10-14(7-17-8-15(10)20-22)12-3-2-11-5-16(19-9-21)18-6-13(11)4-12/h2-9H,1H3,(H,18,19,21). The number of aromatic nitrogens is 2. The molecule has 0 bridgehead atoms. The highest BCUT2D eigenvalue weighted by molar-refractivity contribution is 5.90. The van der Waals surface area contributed by atoms with E-state index in [-0.39, 0.29) is 0 Å². The van der Waals surface area contributed by atoms with Gasteiger partial charge in [0.1, 0.15) is 11.5 Å². The highest BCUT2D eigenvalue weighted by Crippen LogP contribution is 2.31. The van der Waals surface area contributed by atoms with E-state index in [1.807, 2.05) is 25.1 Å². The molecule has 1 N–H and O–H groups in total. The number of hydrogen-bond donors (Lipinski definition) is 1. The van der Waals surface area contributed by atoms with Crippen molar-refractivity contribution in [3.05, 3.63) is 53.3 Å². The van der Waals surface area contributed by atoms with Gasteiger partial charge in [-0.15, -0.1) is 4.91 Å². The molecule has 2 heterocycles. The van der Waals surface area contributed by atoms with Crippen LogP contribution in [0.5, 0.6) is 0 Å². The van der Waals surface area contributed by atoms with Gasteiger partial charge in [0.25, 0.3) is 0 Å². The number of fused-ring (bicyclic) bond motifs is 1. The number of benzene rings is 1. The Hall–Kier alpha value is -3.15. The van der Waals surface area contributed by atoms with Gasteiger partial charge >= 0.3 is 0 Å². The lowest BCUT2D eigenvalue weighted by Gasteiger charge is -2.08. The molecule has 0 spiro atoms. The van der Waals surface area contributed by atoms with Crippen LogP contribution in [0.15, 0.2) is 48.0 Å². The lowest BCUT2D eigenvalue weighted by atomic mass is 9.99. The summed E-state index contributed by atoms with van der Waals surface area (Å²) >= 11 is 0. The molecule has 0 aliphatic heterocycles. The van der Waals surface area contributed by atoms with Crippen LogP contribution in [0.2, 0.25) is 0 Å². The number of carbonyl (C=O) groups excluding carboxylic acids is 1. The van der Waals surface area contributed by atoms with Crippen molar-refractivity contribution in [2.24, 2.45) is 5.18 Å². The molecule has 1 amide bonds. The SMILES string of the molecule is Cc1c(N=O)cncc1-c1ccc2cc(NC=O)ncc2c1. The van der Waals surface area contributed by atoms with Gasteiger partial charge in [-0.25, -0.2) is 4.98 Å². The fourth-order valence-electron chi connectivity index (χ4n) is 2.35. The zero-order chi connectivity index (χ0) is 15.5. The summed E-state index contributed by atoms with van der Waals surface area (Å²) in [5, 5.41) is 7.39. The van der Waals surface area contributed by atoms with Gasteiger partial charge in [-0.05, 0) is 40.7 Å². The molecule has 0 radical (unpaired) electrons. The van der Waals surface area contributed by atoms with Crippen molar-refractivity contribution in [3.8, 4) is 11.1 Å². The van der Waals surface area contributed by atoms with E-state index in [4.69, 9.17) is 0 Å². The van der Waals surface area contributed by atoms with Crippen LogP contribution in [0.1, 0.15) is 5.56 Å². The summed E-state index contributed by atoms with van der Waals surface area (Å²) in [7, 11) is 0. The zero-order valence-corrected chi connectivity index (χ0v) is 11.8. The molecule has 0 saturated heterocycles. The van der Waals surface area contributed by atoms with Crippen LogP contribution in [0.4, 0.5) is 11.5 Å². The summed E-state index contributed by atoms with van der Waals surface area (Å²) < 4.78 is 0. The van der Waals surface area contributed by atoms with Gasteiger partial charge in [0.2, 0.25) is 6.41 Å². The van der Waals surface area contributed by atoms with Crippen LogP contribution in [0.3, 0.4) is 0 Å². The monoisotopic (exact) mass is 292 g/mol. The van der Waals surface area contributed by atoms with Crippen molar-refractivity contribution in [3.63, 3.8) is 0 Å². The Morgan fingerprint density at radius 3 is 2.77 bits per heavy atom. The number of nitroso groups, excluding NO2 is 1. The maximum atomic E-state index is 10.8. The molecular weight excluding hydrogens is 280 g/mol. The molecule has 0 aliphatic carbocycles. The number of anilines is 1. The van der Waals surface area contributed by atoms with Crippen LogP contribution in [0, 0.1) is 11.8 Å². The summed E-state index contributed by atoms with van der Waals surface area (Å²) in [6, 6.07) is 7.63. The van der Waals surface area contributed by atoms with Gasteiger partial charge in [-0.3, -0.25) is 9.78 Å². The molecule has 3 rings (SSSR count). The van der Waals surface area contributed by atoms with Gasteiger partial charge in [0.15, 0.2) is 0 Å². The molecule has 6 heteroatoms. The van der Waals surface area contributed by atoms with E-state index in [0.717, 1.165) is 27.5 Å². The third kappa shape index (κ3) is 2.42. The molecule has 3 aromatic rings. The topological polar surface area (TPSA) is 84.3 Å². The number of nitrogens with one attached hydrogen (secondary N) is 1. The van der Waals surface area contributed by atoms with Crippen molar-refractivity contribution in [1.29, 1.82) is 0 Å². The van der Waals surface area contributed by atoms with Gasteiger partial charge in [0, 0.05) is 23.3 Å². The second-order valence-electron chi connectivity index (χ2n) is 4.82. The molecule has 22 heavy (non-hydrogen) atoms. The predicted molar refractivity (Wildman–Crippen MR) is 84.9 cm³/mol. The average molecular weight is 292 g/mol. The normalized spacial score (nSPS) is 10.4.